The molecule has 152 valence electrons. The lowest BCUT2D eigenvalue weighted by atomic mass is 10.1. The van der Waals surface area contributed by atoms with Gasteiger partial charge in [0.25, 0.3) is 5.91 Å². The highest BCUT2D eigenvalue weighted by molar-refractivity contribution is 6.01. The molecule has 0 aliphatic carbocycles. The molecule has 1 amide bonds. The monoisotopic (exact) mass is 396 g/mol. The molecule has 1 N–H and O–H groups in total. The van der Waals surface area contributed by atoms with E-state index in [0.717, 1.165) is 12.8 Å². The Morgan fingerprint density at radius 3 is 2.72 bits per heavy atom. The van der Waals surface area contributed by atoms with Crippen LogP contribution in [0.15, 0.2) is 46.6 Å². The number of rotatable bonds is 10. The molecule has 2 aromatic rings. The van der Waals surface area contributed by atoms with Gasteiger partial charge in [-0.25, -0.2) is 0 Å². The van der Waals surface area contributed by atoms with Crippen LogP contribution in [0.3, 0.4) is 0 Å². The van der Waals surface area contributed by atoms with Crippen molar-refractivity contribution in [3.05, 3.63) is 53.5 Å². The van der Waals surface area contributed by atoms with E-state index in [1.54, 1.807) is 30.3 Å². The zero-order valence-electron chi connectivity index (χ0n) is 16.6. The summed E-state index contributed by atoms with van der Waals surface area (Å²) in [4.78, 5) is 24.2. The number of hydrogen-bond donors (Lipinski definition) is 1. The zero-order chi connectivity index (χ0) is 21.1. The maximum atomic E-state index is 12.3. The van der Waals surface area contributed by atoms with Gasteiger partial charge in [0.2, 0.25) is 0 Å². The highest BCUT2D eigenvalue weighted by atomic mass is 16.6. The predicted molar refractivity (Wildman–Crippen MR) is 107 cm³/mol. The van der Waals surface area contributed by atoms with Gasteiger partial charge >= 0.3 is 5.97 Å². The van der Waals surface area contributed by atoms with E-state index in [2.05, 4.69) is 5.32 Å². The van der Waals surface area contributed by atoms with E-state index in [1.807, 2.05) is 19.9 Å². The molecular formula is C22H24N2O5. The molecule has 0 saturated carbocycles. The first kappa shape index (κ1) is 21.8. The number of hydrogen-bond acceptors (Lipinski definition) is 6. The Hall–Kier alpha value is -3.53. The molecule has 2 rings (SSSR count). The van der Waals surface area contributed by atoms with Crippen LogP contribution < -0.4 is 14.8 Å². The van der Waals surface area contributed by atoms with Crippen LogP contribution in [0.25, 0.3) is 6.08 Å². The summed E-state index contributed by atoms with van der Waals surface area (Å²) in [6, 6.07) is 10.2. The van der Waals surface area contributed by atoms with Crippen LogP contribution in [0.4, 0.5) is 0 Å². The summed E-state index contributed by atoms with van der Waals surface area (Å²) < 4.78 is 16.1. The summed E-state index contributed by atoms with van der Waals surface area (Å²) in [5.41, 5.74) is 0.512. The number of benzene rings is 1. The number of unbranched alkanes of at least 4 members (excludes halogenated alkanes) is 1. The Bertz CT molecular complexity index is 894. The molecule has 0 aliphatic heterocycles. The standard InChI is InChI=1S/C22H24N2O5/c1-3-5-8-21(25)29-19-10-9-16(13-20(19)27-4-2)12-17(14-23)22(26)24-15-18-7-6-11-28-18/h6-7,9-13H,3-5,8,15H2,1-2H3,(H,24,26)/b17-12+. The number of carbonyl (C=O) groups excluding carboxylic acids is 2. The summed E-state index contributed by atoms with van der Waals surface area (Å²) in [7, 11) is 0. The molecule has 0 atom stereocenters. The van der Waals surface area contributed by atoms with Crippen molar-refractivity contribution < 1.29 is 23.5 Å². The molecule has 0 bridgehead atoms. The number of carbonyl (C=O) groups is 2. The van der Waals surface area contributed by atoms with Gasteiger partial charge in [0, 0.05) is 6.42 Å². The molecule has 1 aromatic carbocycles. The SMILES string of the molecule is CCCCC(=O)Oc1ccc(/C=C(\C#N)C(=O)NCc2ccco2)cc1OCC. The molecule has 0 fully saturated rings. The van der Waals surface area contributed by atoms with E-state index in [1.165, 1.54) is 12.3 Å². The Kier molecular flexibility index (Phi) is 8.51. The van der Waals surface area contributed by atoms with Crippen molar-refractivity contribution in [2.24, 2.45) is 0 Å². The van der Waals surface area contributed by atoms with Crippen molar-refractivity contribution in [1.29, 1.82) is 5.26 Å². The highest BCUT2D eigenvalue weighted by Crippen LogP contribution is 2.30. The predicted octanol–water partition coefficient (Wildman–Crippen LogP) is 4.00. The summed E-state index contributed by atoms with van der Waals surface area (Å²) in [5.74, 6) is 0.428. The highest BCUT2D eigenvalue weighted by Gasteiger charge is 2.13. The van der Waals surface area contributed by atoms with Crippen LogP contribution in [0.5, 0.6) is 11.5 Å². The van der Waals surface area contributed by atoms with Gasteiger partial charge in [-0.05, 0) is 49.2 Å². The lowest BCUT2D eigenvalue weighted by Gasteiger charge is -2.11. The molecule has 1 aromatic heterocycles. The quantitative estimate of drug-likeness (QED) is 0.282. The maximum absolute atomic E-state index is 12.3. The average molecular weight is 396 g/mol. The number of nitrogens with zero attached hydrogens (tertiary/aromatic N) is 1. The van der Waals surface area contributed by atoms with Crippen molar-refractivity contribution in [2.45, 2.75) is 39.7 Å². The molecular weight excluding hydrogens is 372 g/mol. The Balaban J connectivity index is 2.14. The van der Waals surface area contributed by atoms with Crippen molar-refractivity contribution >= 4 is 18.0 Å². The molecule has 7 nitrogen and oxygen atoms in total. The van der Waals surface area contributed by atoms with Gasteiger partial charge < -0.3 is 19.2 Å². The van der Waals surface area contributed by atoms with Crippen molar-refractivity contribution in [3.8, 4) is 17.6 Å². The van der Waals surface area contributed by atoms with Gasteiger partial charge in [-0.2, -0.15) is 5.26 Å². The molecule has 0 aliphatic rings. The molecule has 0 spiro atoms. The number of esters is 1. The first-order valence-electron chi connectivity index (χ1n) is 9.47. The second-order valence-corrected chi connectivity index (χ2v) is 6.15. The lowest BCUT2D eigenvalue weighted by Crippen LogP contribution is -2.23. The topological polar surface area (TPSA) is 102 Å². The fraction of sp³-hybridized carbons (Fsp3) is 0.318. The van der Waals surface area contributed by atoms with Gasteiger partial charge in [0.1, 0.15) is 17.4 Å². The van der Waals surface area contributed by atoms with Gasteiger partial charge in [-0.3, -0.25) is 9.59 Å². The van der Waals surface area contributed by atoms with E-state index in [0.29, 0.717) is 35.9 Å². The fourth-order valence-electron chi connectivity index (χ4n) is 2.45. The van der Waals surface area contributed by atoms with Crippen LogP contribution in [0.2, 0.25) is 0 Å². The van der Waals surface area contributed by atoms with E-state index in [4.69, 9.17) is 13.9 Å². The third-order valence-electron chi connectivity index (χ3n) is 3.91. The third-order valence-corrected chi connectivity index (χ3v) is 3.91. The maximum Gasteiger partial charge on any atom is 0.311 e. The Morgan fingerprint density at radius 2 is 2.07 bits per heavy atom. The van der Waals surface area contributed by atoms with E-state index < -0.39 is 5.91 Å². The van der Waals surface area contributed by atoms with Crippen LogP contribution in [0, 0.1) is 11.3 Å². The van der Waals surface area contributed by atoms with Crippen LogP contribution in [0.1, 0.15) is 44.4 Å². The number of furan rings is 1. The first-order chi connectivity index (χ1) is 14.1. The Labute approximate surface area is 169 Å². The normalized spacial score (nSPS) is 10.9. The van der Waals surface area contributed by atoms with Gasteiger partial charge in [0.15, 0.2) is 11.5 Å². The Morgan fingerprint density at radius 1 is 1.24 bits per heavy atom. The van der Waals surface area contributed by atoms with Gasteiger partial charge in [-0.15, -0.1) is 0 Å². The minimum Gasteiger partial charge on any atom is -0.490 e. The largest absolute Gasteiger partial charge is 0.490 e. The second kappa shape index (κ2) is 11.3. The smallest absolute Gasteiger partial charge is 0.311 e. The van der Waals surface area contributed by atoms with Gasteiger partial charge in [0.05, 0.1) is 19.4 Å². The number of nitriles is 1. The van der Waals surface area contributed by atoms with E-state index in [-0.39, 0.29) is 18.1 Å². The minimum atomic E-state index is -0.517. The number of ether oxygens (including phenoxy) is 2. The molecule has 0 saturated heterocycles. The summed E-state index contributed by atoms with van der Waals surface area (Å²) >= 11 is 0. The third kappa shape index (κ3) is 6.85. The zero-order valence-corrected chi connectivity index (χ0v) is 16.6. The average Bonchev–Trinajstić information content (AvgIpc) is 3.24. The lowest BCUT2D eigenvalue weighted by molar-refractivity contribution is -0.134. The molecule has 0 unspecified atom stereocenters. The molecule has 29 heavy (non-hydrogen) atoms. The molecule has 1 heterocycles. The van der Waals surface area contributed by atoms with E-state index in [9.17, 15) is 14.9 Å². The van der Waals surface area contributed by atoms with Crippen LogP contribution in [-0.4, -0.2) is 18.5 Å². The second-order valence-electron chi connectivity index (χ2n) is 6.15. The van der Waals surface area contributed by atoms with Crippen molar-refractivity contribution in [1.82, 2.24) is 5.32 Å². The van der Waals surface area contributed by atoms with Crippen molar-refractivity contribution in [3.63, 3.8) is 0 Å². The fourth-order valence-corrected chi connectivity index (χ4v) is 2.45. The summed E-state index contributed by atoms with van der Waals surface area (Å²) in [5, 5.41) is 12.0. The minimum absolute atomic E-state index is 0.0632. The summed E-state index contributed by atoms with van der Waals surface area (Å²) in [6.07, 6.45) is 4.94. The number of nitrogens with one attached hydrogen (secondary N) is 1. The molecule has 0 radical (unpaired) electrons. The van der Waals surface area contributed by atoms with Crippen LogP contribution in [-0.2, 0) is 16.1 Å². The summed E-state index contributed by atoms with van der Waals surface area (Å²) in [6.45, 7) is 4.37. The molecule has 7 heteroatoms. The number of amides is 1. The van der Waals surface area contributed by atoms with Crippen LogP contribution >= 0.6 is 0 Å². The van der Waals surface area contributed by atoms with Gasteiger partial charge in [-0.1, -0.05) is 19.4 Å². The van der Waals surface area contributed by atoms with E-state index >= 15 is 0 Å². The first-order valence-corrected chi connectivity index (χ1v) is 9.47. The van der Waals surface area contributed by atoms with Crippen molar-refractivity contribution in [2.75, 3.05) is 6.61 Å².